The number of nitriles is 1. The molecule has 0 saturated heterocycles. The smallest absolute Gasteiger partial charge is 0.244 e. The lowest BCUT2D eigenvalue weighted by atomic mass is 10.2. The number of ether oxygens (including phenoxy) is 1. The molecule has 0 aliphatic rings. The van der Waals surface area contributed by atoms with E-state index in [4.69, 9.17) is 4.74 Å². The van der Waals surface area contributed by atoms with E-state index in [0.29, 0.717) is 23.6 Å². The fraction of sp³-hybridized carbons (Fsp3) is 0.158. The quantitative estimate of drug-likeness (QED) is 0.782. The first-order valence-electron chi connectivity index (χ1n) is 7.72. The van der Waals surface area contributed by atoms with Crippen molar-refractivity contribution in [3.63, 3.8) is 0 Å². The van der Waals surface area contributed by atoms with Crippen molar-refractivity contribution < 1.29 is 9.53 Å². The summed E-state index contributed by atoms with van der Waals surface area (Å²) in [4.78, 5) is 12.4. The normalized spacial score (nSPS) is 10.3. The molecule has 0 aliphatic carbocycles. The Morgan fingerprint density at radius 3 is 2.75 bits per heavy atom. The third-order valence-corrected chi connectivity index (χ3v) is 3.68. The molecule has 0 radical (unpaired) electrons. The maximum atomic E-state index is 12.4. The van der Waals surface area contributed by atoms with Gasteiger partial charge in [-0.3, -0.25) is 4.79 Å². The van der Waals surface area contributed by atoms with Gasteiger partial charge < -0.3 is 14.6 Å². The summed E-state index contributed by atoms with van der Waals surface area (Å²) in [5.74, 6) is 0.468. The summed E-state index contributed by atoms with van der Waals surface area (Å²) >= 11 is 0. The van der Waals surface area contributed by atoms with Crippen LogP contribution in [0.25, 0.3) is 10.9 Å². The molecule has 120 valence electrons. The Balaban J connectivity index is 1.83. The number of nitrogens with one attached hydrogen (secondary N) is 1. The van der Waals surface area contributed by atoms with Crippen LogP contribution in [0.4, 0.5) is 5.69 Å². The van der Waals surface area contributed by atoms with Gasteiger partial charge >= 0.3 is 0 Å². The van der Waals surface area contributed by atoms with E-state index < -0.39 is 0 Å². The van der Waals surface area contributed by atoms with Crippen LogP contribution in [-0.4, -0.2) is 17.1 Å². The molecule has 0 bridgehead atoms. The van der Waals surface area contributed by atoms with Gasteiger partial charge in [-0.2, -0.15) is 5.26 Å². The topological polar surface area (TPSA) is 67.0 Å². The maximum Gasteiger partial charge on any atom is 0.244 e. The number of carbonyl (C=O) groups is 1. The highest BCUT2D eigenvalue weighted by Gasteiger charge is 2.12. The molecule has 5 heteroatoms. The molecule has 0 spiro atoms. The van der Waals surface area contributed by atoms with Crippen molar-refractivity contribution in [2.24, 2.45) is 0 Å². The fourth-order valence-electron chi connectivity index (χ4n) is 2.66. The van der Waals surface area contributed by atoms with Crippen molar-refractivity contribution in [1.82, 2.24) is 4.57 Å². The Bertz CT molecular complexity index is 922. The van der Waals surface area contributed by atoms with Crippen LogP contribution < -0.4 is 10.1 Å². The van der Waals surface area contributed by atoms with Crippen molar-refractivity contribution in [1.29, 1.82) is 5.26 Å². The van der Waals surface area contributed by atoms with E-state index in [1.54, 1.807) is 16.8 Å². The van der Waals surface area contributed by atoms with E-state index >= 15 is 0 Å². The summed E-state index contributed by atoms with van der Waals surface area (Å²) in [6.45, 7) is 2.55. The monoisotopic (exact) mass is 319 g/mol. The zero-order chi connectivity index (χ0) is 16.9. The molecule has 1 aromatic heterocycles. The van der Waals surface area contributed by atoms with Crippen LogP contribution in [0.5, 0.6) is 5.75 Å². The summed E-state index contributed by atoms with van der Waals surface area (Å²) < 4.78 is 7.30. The third kappa shape index (κ3) is 3.08. The number of nitrogens with zero attached hydrogens (tertiary/aromatic N) is 2. The average Bonchev–Trinajstić information content (AvgIpc) is 2.95. The zero-order valence-corrected chi connectivity index (χ0v) is 13.3. The van der Waals surface area contributed by atoms with Gasteiger partial charge in [0, 0.05) is 17.1 Å². The number of aromatic nitrogens is 1. The van der Waals surface area contributed by atoms with E-state index in [0.717, 1.165) is 10.9 Å². The van der Waals surface area contributed by atoms with Crippen molar-refractivity contribution in [3.05, 3.63) is 60.3 Å². The van der Waals surface area contributed by atoms with Crippen molar-refractivity contribution in [2.45, 2.75) is 13.5 Å². The number of fused-ring (bicyclic) bond motifs is 1. The highest BCUT2D eigenvalue weighted by molar-refractivity contribution is 5.94. The zero-order valence-electron chi connectivity index (χ0n) is 13.3. The Kier molecular flexibility index (Phi) is 4.48. The molecule has 1 amide bonds. The Labute approximate surface area is 140 Å². The van der Waals surface area contributed by atoms with Crippen LogP contribution in [0, 0.1) is 11.3 Å². The second-order valence-corrected chi connectivity index (χ2v) is 5.28. The molecular weight excluding hydrogens is 302 g/mol. The summed E-state index contributed by atoms with van der Waals surface area (Å²) in [5, 5.41) is 13.0. The summed E-state index contributed by atoms with van der Waals surface area (Å²) in [6, 6.07) is 17.0. The Hall–Kier alpha value is -3.26. The molecule has 2 aromatic carbocycles. The molecular formula is C19H17N3O2. The third-order valence-electron chi connectivity index (χ3n) is 3.68. The molecule has 0 fully saturated rings. The second-order valence-electron chi connectivity index (χ2n) is 5.28. The number of hydrogen-bond acceptors (Lipinski definition) is 3. The highest BCUT2D eigenvalue weighted by atomic mass is 16.5. The minimum Gasteiger partial charge on any atom is -0.492 e. The number of para-hydroxylation sites is 3. The van der Waals surface area contributed by atoms with Crippen LogP contribution in [0.15, 0.2) is 54.7 Å². The first kappa shape index (κ1) is 15.6. The summed E-state index contributed by atoms with van der Waals surface area (Å²) in [6.07, 6.45) is 1.71. The van der Waals surface area contributed by atoms with Gasteiger partial charge in [-0.15, -0.1) is 0 Å². The first-order valence-corrected chi connectivity index (χ1v) is 7.72. The van der Waals surface area contributed by atoms with E-state index in [1.165, 1.54) is 0 Å². The van der Waals surface area contributed by atoms with Crippen LogP contribution in [0.3, 0.4) is 0 Å². The molecule has 0 saturated carbocycles. The Morgan fingerprint density at radius 2 is 1.96 bits per heavy atom. The van der Waals surface area contributed by atoms with Crippen molar-refractivity contribution in [2.75, 3.05) is 11.9 Å². The predicted molar refractivity (Wildman–Crippen MR) is 92.9 cm³/mol. The largest absolute Gasteiger partial charge is 0.492 e. The highest BCUT2D eigenvalue weighted by Crippen LogP contribution is 2.24. The van der Waals surface area contributed by atoms with Gasteiger partial charge in [0.1, 0.15) is 18.4 Å². The van der Waals surface area contributed by atoms with Gasteiger partial charge in [-0.1, -0.05) is 30.3 Å². The number of anilines is 1. The molecule has 0 atom stereocenters. The molecule has 1 heterocycles. The van der Waals surface area contributed by atoms with Gasteiger partial charge in [0.25, 0.3) is 0 Å². The number of rotatable bonds is 5. The van der Waals surface area contributed by atoms with E-state index in [9.17, 15) is 10.1 Å². The van der Waals surface area contributed by atoms with Gasteiger partial charge in [-0.25, -0.2) is 0 Å². The van der Waals surface area contributed by atoms with Gasteiger partial charge in [0.15, 0.2) is 0 Å². The van der Waals surface area contributed by atoms with Gasteiger partial charge in [0.05, 0.1) is 17.9 Å². The predicted octanol–water partition coefficient (Wildman–Crippen LogP) is 3.55. The van der Waals surface area contributed by atoms with E-state index in [2.05, 4.69) is 11.4 Å². The second kappa shape index (κ2) is 6.88. The standard InChI is InChI=1S/C19H17N3O2/c1-2-24-18-10-6-4-8-16(18)21-19(23)13-22-12-14(11-20)15-7-3-5-9-17(15)22/h3-10,12H,2,13H2,1H3,(H,21,23). The first-order chi connectivity index (χ1) is 11.7. The molecule has 1 N–H and O–H groups in total. The minimum atomic E-state index is -0.174. The average molecular weight is 319 g/mol. The summed E-state index contributed by atoms with van der Waals surface area (Å²) in [7, 11) is 0. The number of hydrogen-bond donors (Lipinski definition) is 1. The molecule has 0 unspecified atom stereocenters. The minimum absolute atomic E-state index is 0.128. The van der Waals surface area contributed by atoms with Gasteiger partial charge in [0.2, 0.25) is 5.91 Å². The van der Waals surface area contributed by atoms with Crippen molar-refractivity contribution >= 4 is 22.5 Å². The number of amides is 1. The Morgan fingerprint density at radius 1 is 1.21 bits per heavy atom. The molecule has 5 nitrogen and oxygen atoms in total. The van der Waals surface area contributed by atoms with Crippen LogP contribution in [-0.2, 0) is 11.3 Å². The van der Waals surface area contributed by atoms with Crippen LogP contribution >= 0.6 is 0 Å². The number of carbonyl (C=O) groups excluding carboxylic acids is 1. The van der Waals surface area contributed by atoms with Crippen LogP contribution in [0.2, 0.25) is 0 Å². The molecule has 3 aromatic rings. The molecule has 24 heavy (non-hydrogen) atoms. The van der Waals surface area contributed by atoms with Crippen LogP contribution in [0.1, 0.15) is 12.5 Å². The maximum absolute atomic E-state index is 12.4. The fourth-order valence-corrected chi connectivity index (χ4v) is 2.66. The summed E-state index contributed by atoms with van der Waals surface area (Å²) in [5.41, 5.74) is 2.07. The van der Waals surface area contributed by atoms with E-state index in [1.807, 2.05) is 49.4 Å². The van der Waals surface area contributed by atoms with Gasteiger partial charge in [-0.05, 0) is 25.1 Å². The molecule has 0 aliphatic heterocycles. The lowest BCUT2D eigenvalue weighted by molar-refractivity contribution is -0.116. The lowest BCUT2D eigenvalue weighted by Crippen LogP contribution is -2.18. The lowest BCUT2D eigenvalue weighted by Gasteiger charge is -2.12. The van der Waals surface area contributed by atoms with E-state index in [-0.39, 0.29) is 12.5 Å². The van der Waals surface area contributed by atoms with Crippen molar-refractivity contribution in [3.8, 4) is 11.8 Å². The SMILES string of the molecule is CCOc1ccccc1NC(=O)Cn1cc(C#N)c2ccccc21. The number of benzene rings is 2. The molecule has 3 rings (SSSR count).